The number of nitrogens with two attached hydrogens (primary N) is 1. The minimum Gasteiger partial charge on any atom is -0.380 e. The van der Waals surface area contributed by atoms with E-state index in [0.29, 0.717) is 6.61 Å². The van der Waals surface area contributed by atoms with Crippen LogP contribution in [0.2, 0.25) is 0 Å². The van der Waals surface area contributed by atoms with Gasteiger partial charge in [0.1, 0.15) is 5.65 Å². The van der Waals surface area contributed by atoms with E-state index in [0.717, 1.165) is 46.6 Å². The molecule has 0 unspecified atom stereocenters. The van der Waals surface area contributed by atoms with E-state index >= 15 is 0 Å². The smallest absolute Gasteiger partial charge is 0.137 e. The Balaban J connectivity index is 1.66. The van der Waals surface area contributed by atoms with Crippen LogP contribution in [0.15, 0.2) is 72.9 Å². The van der Waals surface area contributed by atoms with Crippen LogP contribution in [0.5, 0.6) is 0 Å². The Morgan fingerprint density at radius 1 is 0.966 bits per heavy atom. The molecule has 0 radical (unpaired) electrons. The number of fused-ring (bicyclic) bond motifs is 1. The first-order valence-corrected chi connectivity index (χ1v) is 10.1. The number of ether oxygens (including phenoxy) is 1. The largest absolute Gasteiger partial charge is 0.380 e. The van der Waals surface area contributed by atoms with Crippen molar-refractivity contribution in [3.05, 3.63) is 84.1 Å². The number of hydrogen-bond donors (Lipinski definition) is 1. The molecule has 1 aliphatic carbocycles. The summed E-state index contributed by atoms with van der Waals surface area (Å²) in [6.07, 6.45) is 5.47. The summed E-state index contributed by atoms with van der Waals surface area (Å²) < 4.78 is 7.50. The van der Waals surface area contributed by atoms with Crippen LogP contribution < -0.4 is 5.73 Å². The standard InChI is InChI=1S/C25H25N3O/c1-29-17-18-8-13-22-27-23(24(28(22)16-18)20-6-3-2-4-7-20)19-9-11-21(12-10-19)25(26)14-5-15-25/h2-4,6-13,16H,5,14-15,17,26H2,1H3. The van der Waals surface area contributed by atoms with Crippen molar-refractivity contribution < 1.29 is 4.74 Å². The summed E-state index contributed by atoms with van der Waals surface area (Å²) in [5.41, 5.74) is 14.0. The minimum atomic E-state index is -0.144. The summed E-state index contributed by atoms with van der Waals surface area (Å²) >= 11 is 0. The van der Waals surface area contributed by atoms with Crippen molar-refractivity contribution in [2.45, 2.75) is 31.4 Å². The maximum Gasteiger partial charge on any atom is 0.137 e. The van der Waals surface area contributed by atoms with Crippen LogP contribution in [-0.2, 0) is 16.9 Å². The second-order valence-corrected chi connectivity index (χ2v) is 7.96. The molecule has 146 valence electrons. The van der Waals surface area contributed by atoms with E-state index < -0.39 is 0 Å². The lowest BCUT2D eigenvalue weighted by Crippen LogP contribution is -2.43. The second-order valence-electron chi connectivity index (χ2n) is 7.96. The fourth-order valence-electron chi connectivity index (χ4n) is 4.22. The third-order valence-corrected chi connectivity index (χ3v) is 6.02. The van der Waals surface area contributed by atoms with Crippen molar-refractivity contribution in [2.24, 2.45) is 5.73 Å². The first kappa shape index (κ1) is 18.1. The molecule has 2 N–H and O–H groups in total. The first-order chi connectivity index (χ1) is 14.2. The summed E-state index contributed by atoms with van der Waals surface area (Å²) in [4.78, 5) is 4.98. The van der Waals surface area contributed by atoms with E-state index in [2.05, 4.69) is 71.3 Å². The number of nitrogens with zero attached hydrogens (tertiary/aromatic N) is 2. The van der Waals surface area contributed by atoms with Gasteiger partial charge in [0.25, 0.3) is 0 Å². The van der Waals surface area contributed by atoms with E-state index in [9.17, 15) is 0 Å². The average Bonchev–Trinajstić information content (AvgIpc) is 3.12. The highest BCUT2D eigenvalue weighted by molar-refractivity contribution is 5.82. The number of hydrogen-bond acceptors (Lipinski definition) is 3. The summed E-state index contributed by atoms with van der Waals surface area (Å²) in [6, 6.07) is 23.2. The Kier molecular flexibility index (Phi) is 4.46. The van der Waals surface area contributed by atoms with Gasteiger partial charge in [-0.25, -0.2) is 4.98 Å². The fourth-order valence-corrected chi connectivity index (χ4v) is 4.22. The lowest BCUT2D eigenvalue weighted by atomic mass is 9.72. The van der Waals surface area contributed by atoms with Crippen LogP contribution in [0.25, 0.3) is 28.2 Å². The van der Waals surface area contributed by atoms with Crippen LogP contribution in [0.3, 0.4) is 0 Å². The lowest BCUT2D eigenvalue weighted by Gasteiger charge is -2.38. The molecule has 0 saturated heterocycles. The van der Waals surface area contributed by atoms with Gasteiger partial charge in [-0.05, 0) is 36.5 Å². The van der Waals surface area contributed by atoms with Crippen LogP contribution in [0.4, 0.5) is 0 Å². The topological polar surface area (TPSA) is 52.5 Å². The monoisotopic (exact) mass is 383 g/mol. The molecule has 0 spiro atoms. The van der Waals surface area contributed by atoms with Crippen molar-refractivity contribution in [3.63, 3.8) is 0 Å². The molecule has 2 aromatic heterocycles. The number of benzene rings is 2. The molecule has 0 amide bonds. The van der Waals surface area contributed by atoms with E-state index in [1.165, 1.54) is 12.0 Å². The minimum absolute atomic E-state index is 0.144. The van der Waals surface area contributed by atoms with Crippen LogP contribution in [0, 0.1) is 0 Å². The third kappa shape index (κ3) is 3.15. The zero-order valence-electron chi connectivity index (χ0n) is 16.6. The third-order valence-electron chi connectivity index (χ3n) is 6.02. The van der Waals surface area contributed by atoms with Crippen molar-refractivity contribution in [3.8, 4) is 22.5 Å². The molecule has 29 heavy (non-hydrogen) atoms. The normalized spacial score (nSPS) is 15.4. The molecule has 1 aliphatic rings. The van der Waals surface area contributed by atoms with Crippen molar-refractivity contribution in [2.75, 3.05) is 7.11 Å². The maximum atomic E-state index is 6.51. The molecule has 5 rings (SSSR count). The number of imidazole rings is 1. The zero-order valence-corrected chi connectivity index (χ0v) is 16.6. The van der Waals surface area contributed by atoms with Gasteiger partial charge in [0.2, 0.25) is 0 Å². The molecule has 4 heteroatoms. The second kappa shape index (κ2) is 7.14. The number of aromatic nitrogens is 2. The summed E-state index contributed by atoms with van der Waals surface area (Å²) in [5.74, 6) is 0. The van der Waals surface area contributed by atoms with E-state index in [4.69, 9.17) is 15.5 Å². The number of methoxy groups -OCH3 is 1. The average molecular weight is 383 g/mol. The van der Waals surface area contributed by atoms with Crippen molar-refractivity contribution in [1.82, 2.24) is 9.38 Å². The molecule has 0 bridgehead atoms. The van der Waals surface area contributed by atoms with Gasteiger partial charge in [-0.3, -0.25) is 4.40 Å². The molecule has 1 fully saturated rings. The highest BCUT2D eigenvalue weighted by Gasteiger charge is 2.34. The highest BCUT2D eigenvalue weighted by atomic mass is 16.5. The number of pyridine rings is 1. The Morgan fingerprint density at radius 3 is 2.38 bits per heavy atom. The van der Waals surface area contributed by atoms with Gasteiger partial charge < -0.3 is 10.5 Å². The molecular formula is C25H25N3O. The zero-order chi connectivity index (χ0) is 19.8. The lowest BCUT2D eigenvalue weighted by molar-refractivity contribution is 0.184. The van der Waals surface area contributed by atoms with E-state index in [-0.39, 0.29) is 5.54 Å². The van der Waals surface area contributed by atoms with E-state index in [1.54, 1.807) is 7.11 Å². The Morgan fingerprint density at radius 2 is 1.72 bits per heavy atom. The molecule has 2 aromatic carbocycles. The molecule has 0 atom stereocenters. The summed E-state index contributed by atoms with van der Waals surface area (Å²) in [7, 11) is 1.72. The Bertz CT molecular complexity index is 1140. The molecule has 0 aliphatic heterocycles. The quantitative estimate of drug-likeness (QED) is 0.518. The Hall–Kier alpha value is -2.95. The van der Waals surface area contributed by atoms with Gasteiger partial charge in [0.15, 0.2) is 0 Å². The molecule has 1 saturated carbocycles. The van der Waals surface area contributed by atoms with Crippen LogP contribution >= 0.6 is 0 Å². The predicted molar refractivity (Wildman–Crippen MR) is 116 cm³/mol. The van der Waals surface area contributed by atoms with Crippen LogP contribution in [0.1, 0.15) is 30.4 Å². The van der Waals surface area contributed by atoms with Crippen molar-refractivity contribution in [1.29, 1.82) is 0 Å². The van der Waals surface area contributed by atoms with Gasteiger partial charge in [-0.1, -0.05) is 60.7 Å². The van der Waals surface area contributed by atoms with Crippen molar-refractivity contribution >= 4 is 5.65 Å². The van der Waals surface area contributed by atoms with E-state index in [1.807, 2.05) is 6.07 Å². The molecule has 4 nitrogen and oxygen atoms in total. The fraction of sp³-hybridized carbons (Fsp3) is 0.240. The molecule has 2 heterocycles. The van der Waals surface area contributed by atoms with Gasteiger partial charge >= 0.3 is 0 Å². The van der Waals surface area contributed by atoms with Gasteiger partial charge in [-0.15, -0.1) is 0 Å². The summed E-state index contributed by atoms with van der Waals surface area (Å²) in [5, 5.41) is 0. The van der Waals surface area contributed by atoms with Crippen LogP contribution in [-0.4, -0.2) is 16.5 Å². The van der Waals surface area contributed by atoms with Gasteiger partial charge in [-0.2, -0.15) is 0 Å². The number of rotatable bonds is 5. The van der Waals surface area contributed by atoms with Gasteiger partial charge in [0, 0.05) is 30.0 Å². The predicted octanol–water partition coefficient (Wildman–Crippen LogP) is 5.15. The summed E-state index contributed by atoms with van der Waals surface area (Å²) in [6.45, 7) is 0.574. The SMILES string of the molecule is COCc1ccc2nc(-c3ccc(C4(N)CCC4)cc3)c(-c3ccccc3)n2c1. The highest BCUT2D eigenvalue weighted by Crippen LogP contribution is 2.40. The Labute approximate surface area is 171 Å². The molecule has 4 aromatic rings. The maximum absolute atomic E-state index is 6.51. The van der Waals surface area contributed by atoms with Gasteiger partial charge in [0.05, 0.1) is 18.0 Å². The first-order valence-electron chi connectivity index (χ1n) is 10.1. The molecular weight excluding hydrogens is 358 g/mol.